The average Bonchev–Trinajstić information content (AvgIpc) is 3.02. The van der Waals surface area contributed by atoms with E-state index < -0.39 is 6.10 Å². The largest absolute Gasteiger partial charge is 0.495 e. The molecular weight excluding hydrogens is 362 g/mol. The predicted octanol–water partition coefficient (Wildman–Crippen LogP) is 3.69. The van der Waals surface area contributed by atoms with Gasteiger partial charge in [-0.15, -0.1) is 0 Å². The summed E-state index contributed by atoms with van der Waals surface area (Å²) >= 11 is 0. The maximum absolute atomic E-state index is 11.3. The van der Waals surface area contributed by atoms with Crippen molar-refractivity contribution in [3.8, 4) is 0 Å². The fraction of sp³-hybridized carbons (Fsp3) is 0.640. The van der Waals surface area contributed by atoms with Crippen molar-refractivity contribution in [1.82, 2.24) is 0 Å². The Morgan fingerprint density at radius 2 is 1.69 bits per heavy atom. The van der Waals surface area contributed by atoms with E-state index in [9.17, 15) is 10.2 Å². The first kappa shape index (κ1) is 19.3. The Balaban J connectivity index is 1.56. The first-order chi connectivity index (χ1) is 13.9. The van der Waals surface area contributed by atoms with Crippen LogP contribution in [0.5, 0.6) is 0 Å². The second-order valence-electron chi connectivity index (χ2n) is 10.2. The minimum atomic E-state index is -0.434. The maximum Gasteiger partial charge on any atom is 0.230 e. The van der Waals surface area contributed by atoms with Crippen LogP contribution in [0.2, 0.25) is 0 Å². The zero-order valence-electron chi connectivity index (χ0n) is 17.8. The lowest BCUT2D eigenvalue weighted by molar-refractivity contribution is -0.591. The zero-order valence-corrected chi connectivity index (χ0v) is 17.8. The molecule has 29 heavy (non-hydrogen) atoms. The summed E-state index contributed by atoms with van der Waals surface area (Å²) in [5, 5.41) is 21.5. The molecule has 0 radical (unpaired) electrons. The Kier molecular flexibility index (Phi) is 4.45. The molecule has 7 atom stereocenters. The topological polar surface area (TPSA) is 53.6 Å². The number of hydrogen-bond donors (Lipinski definition) is 2. The molecule has 4 nitrogen and oxygen atoms in total. The lowest BCUT2D eigenvalue weighted by Crippen LogP contribution is -2.55. The van der Waals surface area contributed by atoms with Crippen LogP contribution in [-0.4, -0.2) is 29.5 Å². The number of allylic oxidation sites excluding steroid dienone is 2. The summed E-state index contributed by atoms with van der Waals surface area (Å²) in [5.74, 6) is 2.15. The molecule has 156 valence electrons. The highest BCUT2D eigenvalue weighted by atomic mass is 16.5. The van der Waals surface area contributed by atoms with Gasteiger partial charge in [-0.2, -0.15) is 4.57 Å². The van der Waals surface area contributed by atoms with Crippen molar-refractivity contribution in [3.63, 3.8) is 0 Å². The number of fused-ring (bicyclic) bond motifs is 5. The van der Waals surface area contributed by atoms with Crippen molar-refractivity contribution in [2.75, 3.05) is 7.11 Å². The van der Waals surface area contributed by atoms with Crippen molar-refractivity contribution >= 4 is 5.70 Å². The van der Waals surface area contributed by atoms with Crippen molar-refractivity contribution in [3.05, 3.63) is 48.0 Å². The second-order valence-corrected chi connectivity index (χ2v) is 10.2. The quantitative estimate of drug-likeness (QED) is 0.592. The molecule has 1 heterocycles. The SMILES string of the molecule is COC1=C([n+]2ccccc2)C2(C)CCC3C(C(O)C=C4CC(O)CCC43C)C2C1. The molecule has 2 N–H and O–H groups in total. The van der Waals surface area contributed by atoms with Crippen LogP contribution in [-0.2, 0) is 4.74 Å². The molecule has 4 aliphatic carbocycles. The van der Waals surface area contributed by atoms with E-state index in [-0.39, 0.29) is 22.9 Å². The number of ether oxygens (including phenoxy) is 1. The van der Waals surface area contributed by atoms with Crippen LogP contribution in [0.3, 0.4) is 0 Å². The summed E-state index contributed by atoms with van der Waals surface area (Å²) < 4.78 is 8.16. The molecule has 4 heteroatoms. The summed E-state index contributed by atoms with van der Waals surface area (Å²) in [6, 6.07) is 6.19. The first-order valence-electron chi connectivity index (χ1n) is 11.2. The maximum atomic E-state index is 11.3. The van der Waals surface area contributed by atoms with E-state index in [1.807, 2.05) is 6.07 Å². The lowest BCUT2D eigenvalue weighted by Gasteiger charge is -2.57. The van der Waals surface area contributed by atoms with Gasteiger partial charge in [-0.25, -0.2) is 0 Å². The molecule has 7 unspecified atom stereocenters. The van der Waals surface area contributed by atoms with Gasteiger partial charge < -0.3 is 14.9 Å². The van der Waals surface area contributed by atoms with Crippen LogP contribution < -0.4 is 4.57 Å². The molecule has 2 fully saturated rings. The molecule has 0 aromatic carbocycles. The number of aliphatic hydroxyl groups excluding tert-OH is 2. The standard InChI is InChI=1S/C25H34NO3/c1-24-9-7-17(27)13-16(24)14-20(28)22-18(24)8-10-25(2)19(22)15-21(29-3)23(25)26-11-5-4-6-12-26/h4-6,11-12,14,17-20,22,27-28H,7-10,13,15H2,1-3H3/q+1. The van der Waals surface area contributed by atoms with E-state index in [2.05, 4.69) is 49.0 Å². The minimum absolute atomic E-state index is 0.00457. The van der Waals surface area contributed by atoms with E-state index >= 15 is 0 Å². The molecule has 0 saturated heterocycles. The van der Waals surface area contributed by atoms with Crippen LogP contribution in [0.1, 0.15) is 52.4 Å². The van der Waals surface area contributed by atoms with Crippen LogP contribution in [0, 0.1) is 28.6 Å². The minimum Gasteiger partial charge on any atom is -0.495 e. The number of methoxy groups -OCH3 is 1. The summed E-state index contributed by atoms with van der Waals surface area (Å²) in [5.41, 5.74) is 2.68. The van der Waals surface area contributed by atoms with E-state index in [0.29, 0.717) is 11.8 Å². The highest BCUT2D eigenvalue weighted by Gasteiger charge is 2.63. The molecule has 4 aliphatic rings. The fourth-order valence-electron chi connectivity index (χ4n) is 7.41. The third-order valence-corrected chi connectivity index (χ3v) is 8.92. The Bertz CT molecular complexity index is 862. The van der Waals surface area contributed by atoms with E-state index in [1.165, 1.54) is 11.3 Å². The monoisotopic (exact) mass is 396 g/mol. The van der Waals surface area contributed by atoms with Crippen molar-refractivity contribution in [1.29, 1.82) is 0 Å². The Hall–Kier alpha value is -1.65. The number of hydrogen-bond acceptors (Lipinski definition) is 3. The summed E-state index contributed by atoms with van der Waals surface area (Å²) in [4.78, 5) is 0. The molecule has 0 bridgehead atoms. The van der Waals surface area contributed by atoms with Crippen molar-refractivity contribution in [2.24, 2.45) is 28.6 Å². The predicted molar refractivity (Wildman–Crippen MR) is 111 cm³/mol. The molecule has 0 spiro atoms. The van der Waals surface area contributed by atoms with Crippen LogP contribution in [0.15, 0.2) is 48.0 Å². The lowest BCUT2D eigenvalue weighted by atomic mass is 9.47. The summed E-state index contributed by atoms with van der Waals surface area (Å²) in [7, 11) is 1.79. The normalized spacial score (nSPS) is 43.9. The van der Waals surface area contributed by atoms with Gasteiger partial charge in [0.1, 0.15) is 0 Å². The number of aromatic nitrogens is 1. The van der Waals surface area contributed by atoms with Gasteiger partial charge in [0, 0.05) is 18.6 Å². The Morgan fingerprint density at radius 1 is 0.966 bits per heavy atom. The van der Waals surface area contributed by atoms with Gasteiger partial charge in [0.15, 0.2) is 18.2 Å². The van der Waals surface area contributed by atoms with Crippen molar-refractivity contribution in [2.45, 2.75) is 64.6 Å². The highest BCUT2D eigenvalue weighted by Crippen LogP contribution is 2.66. The number of pyridine rings is 1. The van der Waals surface area contributed by atoms with Gasteiger partial charge in [-0.3, -0.25) is 0 Å². The van der Waals surface area contributed by atoms with Crippen molar-refractivity contribution < 1.29 is 19.5 Å². The smallest absolute Gasteiger partial charge is 0.230 e. The summed E-state index contributed by atoms with van der Waals surface area (Å²) in [6.45, 7) is 4.78. The molecule has 2 saturated carbocycles. The van der Waals surface area contributed by atoms with Gasteiger partial charge in [0.25, 0.3) is 0 Å². The fourth-order valence-corrected chi connectivity index (χ4v) is 7.41. The van der Waals surface area contributed by atoms with Crippen LogP contribution in [0.4, 0.5) is 0 Å². The van der Waals surface area contributed by atoms with Gasteiger partial charge in [-0.05, 0) is 62.2 Å². The average molecular weight is 397 g/mol. The van der Waals surface area contributed by atoms with Gasteiger partial charge in [0.05, 0.1) is 24.7 Å². The van der Waals surface area contributed by atoms with E-state index in [4.69, 9.17) is 4.74 Å². The van der Waals surface area contributed by atoms with Gasteiger partial charge in [-0.1, -0.05) is 24.6 Å². The third-order valence-electron chi connectivity index (χ3n) is 8.92. The van der Waals surface area contributed by atoms with Gasteiger partial charge >= 0.3 is 0 Å². The molecular formula is C25H34NO3+. The number of rotatable bonds is 2. The highest BCUT2D eigenvalue weighted by molar-refractivity contribution is 5.52. The van der Waals surface area contributed by atoms with Crippen LogP contribution in [0.25, 0.3) is 5.70 Å². The molecule has 0 amide bonds. The Labute approximate surface area is 173 Å². The molecule has 5 rings (SSSR count). The first-order valence-corrected chi connectivity index (χ1v) is 11.2. The zero-order chi connectivity index (χ0) is 20.4. The molecule has 0 aliphatic heterocycles. The molecule has 1 aromatic heterocycles. The van der Waals surface area contributed by atoms with E-state index in [0.717, 1.165) is 44.3 Å². The summed E-state index contributed by atoms with van der Waals surface area (Å²) in [6.07, 6.45) is 11.4. The second kappa shape index (κ2) is 6.68. The third kappa shape index (κ3) is 2.68. The van der Waals surface area contributed by atoms with Gasteiger partial charge in [0.2, 0.25) is 5.70 Å². The van der Waals surface area contributed by atoms with E-state index in [1.54, 1.807) is 7.11 Å². The van der Waals surface area contributed by atoms with Crippen LogP contribution >= 0.6 is 0 Å². The Morgan fingerprint density at radius 3 is 2.41 bits per heavy atom. The number of aliphatic hydroxyl groups is 2. The number of nitrogens with zero attached hydrogens (tertiary/aromatic N) is 1. The molecule has 1 aromatic rings.